The SMILES string of the molecule is CC1CC[C@H]2[C@@H]([C@@H]3[C@@H]1CC[C@@H]3C)C2(C)C. The van der Waals surface area contributed by atoms with E-state index < -0.39 is 0 Å². The van der Waals surface area contributed by atoms with Crippen molar-refractivity contribution >= 4 is 0 Å². The molecule has 86 valence electrons. The summed E-state index contributed by atoms with van der Waals surface area (Å²) in [6.45, 7) is 10.1. The molecule has 0 amide bonds. The summed E-state index contributed by atoms with van der Waals surface area (Å²) in [6, 6.07) is 0. The Kier molecular flexibility index (Phi) is 2.05. The minimum Gasteiger partial charge on any atom is -0.0622 e. The number of hydrogen-bond donors (Lipinski definition) is 0. The van der Waals surface area contributed by atoms with E-state index in [1.807, 2.05) is 0 Å². The topological polar surface area (TPSA) is 0 Å². The minimum atomic E-state index is 0.696. The normalized spacial score (nSPS) is 56.8. The molecule has 0 N–H and O–H groups in total. The van der Waals surface area contributed by atoms with Crippen molar-refractivity contribution in [2.45, 2.75) is 53.4 Å². The van der Waals surface area contributed by atoms with Gasteiger partial charge < -0.3 is 0 Å². The molecule has 3 aliphatic carbocycles. The van der Waals surface area contributed by atoms with Gasteiger partial charge in [0.2, 0.25) is 0 Å². The molecule has 0 radical (unpaired) electrons. The van der Waals surface area contributed by atoms with E-state index in [4.69, 9.17) is 0 Å². The summed E-state index contributed by atoms with van der Waals surface area (Å²) in [4.78, 5) is 0. The molecule has 0 aliphatic heterocycles. The van der Waals surface area contributed by atoms with E-state index >= 15 is 0 Å². The van der Waals surface area contributed by atoms with Gasteiger partial charge >= 0.3 is 0 Å². The van der Waals surface area contributed by atoms with Crippen molar-refractivity contribution < 1.29 is 0 Å². The van der Waals surface area contributed by atoms with Crippen molar-refractivity contribution in [3.63, 3.8) is 0 Å². The van der Waals surface area contributed by atoms with E-state index in [1.165, 1.54) is 25.7 Å². The van der Waals surface area contributed by atoms with Gasteiger partial charge in [0.25, 0.3) is 0 Å². The Hall–Kier alpha value is 0. The highest BCUT2D eigenvalue weighted by molar-refractivity contribution is 5.12. The molecule has 3 aliphatic rings. The quantitative estimate of drug-likeness (QED) is 0.553. The van der Waals surface area contributed by atoms with Crippen LogP contribution in [0.1, 0.15) is 53.4 Å². The Morgan fingerprint density at radius 1 is 0.867 bits per heavy atom. The van der Waals surface area contributed by atoms with Gasteiger partial charge in [-0.1, -0.05) is 40.5 Å². The standard InChI is InChI=1S/C15H26/c1-9-6-8-12-14(15(12,3)4)13-10(2)5-7-11(9)13/h9-14H,5-8H2,1-4H3/t9?,10-,11+,12-,13-,14-/m0/s1. The zero-order valence-corrected chi connectivity index (χ0v) is 10.8. The molecule has 3 fully saturated rings. The Morgan fingerprint density at radius 3 is 2.27 bits per heavy atom. The molecular formula is C15H26. The first-order chi connectivity index (χ1) is 7.03. The molecule has 15 heavy (non-hydrogen) atoms. The lowest BCUT2D eigenvalue weighted by atomic mass is 9.77. The average Bonchev–Trinajstić information content (AvgIpc) is 2.55. The molecule has 0 saturated heterocycles. The van der Waals surface area contributed by atoms with Crippen LogP contribution >= 0.6 is 0 Å². The van der Waals surface area contributed by atoms with Gasteiger partial charge in [-0.2, -0.15) is 0 Å². The van der Waals surface area contributed by atoms with Crippen LogP contribution < -0.4 is 0 Å². The molecule has 0 heteroatoms. The van der Waals surface area contributed by atoms with Crippen LogP contribution in [-0.4, -0.2) is 0 Å². The Morgan fingerprint density at radius 2 is 1.53 bits per heavy atom. The van der Waals surface area contributed by atoms with Gasteiger partial charge in [0, 0.05) is 0 Å². The molecule has 1 unspecified atom stereocenters. The summed E-state index contributed by atoms with van der Waals surface area (Å²) in [7, 11) is 0. The summed E-state index contributed by atoms with van der Waals surface area (Å²) >= 11 is 0. The van der Waals surface area contributed by atoms with Crippen LogP contribution in [0.25, 0.3) is 0 Å². The first kappa shape index (κ1) is 10.2. The van der Waals surface area contributed by atoms with Gasteiger partial charge in [0.15, 0.2) is 0 Å². The van der Waals surface area contributed by atoms with Gasteiger partial charge in [-0.05, 0) is 53.8 Å². The maximum Gasteiger partial charge on any atom is -0.0289 e. The number of rotatable bonds is 0. The Balaban J connectivity index is 1.90. The highest BCUT2D eigenvalue weighted by Gasteiger charge is 2.64. The molecular weight excluding hydrogens is 180 g/mol. The van der Waals surface area contributed by atoms with E-state index in [2.05, 4.69) is 27.7 Å². The van der Waals surface area contributed by atoms with Crippen LogP contribution in [0, 0.1) is 40.9 Å². The third kappa shape index (κ3) is 1.26. The fourth-order valence-electron chi connectivity index (χ4n) is 5.31. The molecule has 0 aromatic rings. The van der Waals surface area contributed by atoms with E-state index in [0.717, 1.165) is 35.5 Å². The van der Waals surface area contributed by atoms with Gasteiger partial charge in [0.05, 0.1) is 0 Å². The van der Waals surface area contributed by atoms with Crippen molar-refractivity contribution in [2.75, 3.05) is 0 Å². The first-order valence-electron chi connectivity index (χ1n) is 7.03. The van der Waals surface area contributed by atoms with Gasteiger partial charge in [-0.25, -0.2) is 0 Å². The van der Waals surface area contributed by atoms with Gasteiger partial charge in [-0.3, -0.25) is 0 Å². The van der Waals surface area contributed by atoms with Crippen LogP contribution in [0.2, 0.25) is 0 Å². The van der Waals surface area contributed by atoms with E-state index in [9.17, 15) is 0 Å². The van der Waals surface area contributed by atoms with Crippen LogP contribution in [-0.2, 0) is 0 Å². The molecule has 0 heterocycles. The van der Waals surface area contributed by atoms with Crippen molar-refractivity contribution in [3.05, 3.63) is 0 Å². The highest BCUT2D eigenvalue weighted by Crippen LogP contribution is 2.70. The zero-order chi connectivity index (χ0) is 10.8. The molecule has 0 aromatic carbocycles. The second-order valence-corrected chi connectivity index (χ2v) is 7.30. The third-order valence-corrected chi connectivity index (χ3v) is 6.32. The smallest absolute Gasteiger partial charge is 0.0289 e. The lowest BCUT2D eigenvalue weighted by Gasteiger charge is -2.28. The minimum absolute atomic E-state index is 0.696. The number of fused-ring (bicyclic) bond motifs is 3. The summed E-state index contributed by atoms with van der Waals surface area (Å²) in [6.07, 6.45) is 6.09. The maximum atomic E-state index is 2.53. The van der Waals surface area contributed by atoms with E-state index in [0.29, 0.717) is 5.41 Å². The predicted molar refractivity (Wildman–Crippen MR) is 64.5 cm³/mol. The lowest BCUT2D eigenvalue weighted by Crippen LogP contribution is -2.22. The number of hydrogen-bond acceptors (Lipinski definition) is 0. The first-order valence-corrected chi connectivity index (χ1v) is 7.03. The average molecular weight is 206 g/mol. The summed E-state index contributed by atoms with van der Waals surface area (Å²) < 4.78 is 0. The molecule has 3 rings (SSSR count). The monoisotopic (exact) mass is 206 g/mol. The Labute approximate surface area is 94.8 Å². The van der Waals surface area contributed by atoms with Crippen molar-refractivity contribution in [2.24, 2.45) is 40.9 Å². The predicted octanol–water partition coefficient (Wildman–Crippen LogP) is 4.35. The van der Waals surface area contributed by atoms with Crippen LogP contribution in [0.15, 0.2) is 0 Å². The maximum absolute atomic E-state index is 2.53. The molecule has 0 nitrogen and oxygen atoms in total. The fourth-order valence-corrected chi connectivity index (χ4v) is 5.31. The van der Waals surface area contributed by atoms with Gasteiger partial charge in [-0.15, -0.1) is 0 Å². The molecule has 0 spiro atoms. The van der Waals surface area contributed by atoms with E-state index in [-0.39, 0.29) is 0 Å². The summed E-state index contributed by atoms with van der Waals surface area (Å²) in [5.74, 6) is 6.37. The molecule has 0 bridgehead atoms. The van der Waals surface area contributed by atoms with Crippen LogP contribution in [0.3, 0.4) is 0 Å². The van der Waals surface area contributed by atoms with Gasteiger partial charge in [0.1, 0.15) is 0 Å². The second-order valence-electron chi connectivity index (χ2n) is 7.30. The Bertz CT molecular complexity index is 265. The van der Waals surface area contributed by atoms with Crippen LogP contribution in [0.5, 0.6) is 0 Å². The third-order valence-electron chi connectivity index (χ3n) is 6.32. The lowest BCUT2D eigenvalue weighted by molar-refractivity contribution is 0.202. The molecule has 6 atom stereocenters. The van der Waals surface area contributed by atoms with Crippen molar-refractivity contribution in [1.29, 1.82) is 0 Å². The molecule has 0 aromatic heterocycles. The zero-order valence-electron chi connectivity index (χ0n) is 10.8. The summed E-state index contributed by atoms with van der Waals surface area (Å²) in [5.41, 5.74) is 0.696. The second kappa shape index (κ2) is 3.02. The van der Waals surface area contributed by atoms with Crippen molar-refractivity contribution in [1.82, 2.24) is 0 Å². The van der Waals surface area contributed by atoms with Crippen LogP contribution in [0.4, 0.5) is 0 Å². The van der Waals surface area contributed by atoms with Crippen molar-refractivity contribution in [3.8, 4) is 0 Å². The summed E-state index contributed by atoms with van der Waals surface area (Å²) in [5, 5.41) is 0. The molecule has 3 saturated carbocycles. The van der Waals surface area contributed by atoms with E-state index in [1.54, 1.807) is 0 Å². The fraction of sp³-hybridized carbons (Fsp3) is 1.00. The highest BCUT2D eigenvalue weighted by atomic mass is 14.7. The largest absolute Gasteiger partial charge is 0.0622 e.